The van der Waals surface area contributed by atoms with Crippen LogP contribution in [0.2, 0.25) is 5.02 Å². The van der Waals surface area contributed by atoms with Crippen LogP contribution in [0.15, 0.2) is 72.0 Å². The van der Waals surface area contributed by atoms with Gasteiger partial charge in [-0.1, -0.05) is 23.7 Å². The van der Waals surface area contributed by atoms with Gasteiger partial charge in [0.2, 0.25) is 0 Å². The molecule has 0 atom stereocenters. The van der Waals surface area contributed by atoms with E-state index in [-0.39, 0.29) is 5.02 Å². The number of anilines is 3. The number of amides is 2. The number of hydrazone groups is 1. The molecule has 0 aliphatic heterocycles. The van der Waals surface area contributed by atoms with E-state index in [0.29, 0.717) is 39.3 Å². The van der Waals surface area contributed by atoms with Gasteiger partial charge in [-0.2, -0.15) is 10.4 Å². The first kappa shape index (κ1) is 23.5. The number of ether oxygens (including phenoxy) is 1. The number of hydrogen-bond donors (Lipinski definition) is 3. The number of urea groups is 1. The number of hydrogen-bond acceptors (Lipinski definition) is 6. The lowest BCUT2D eigenvalue weighted by Gasteiger charge is -2.14. The number of carbonyl (C=O) groups is 1. The molecule has 3 N–H and O–H groups in total. The summed E-state index contributed by atoms with van der Waals surface area (Å²) in [7, 11) is 1.48. The van der Waals surface area contributed by atoms with Crippen molar-refractivity contribution in [2.45, 2.75) is 0 Å². The summed E-state index contributed by atoms with van der Waals surface area (Å²) in [4.78, 5) is 16.8. The molecule has 0 bridgehead atoms. The summed E-state index contributed by atoms with van der Waals surface area (Å²) in [5, 5.41) is 19.4. The third kappa shape index (κ3) is 5.63. The fourth-order valence-electron chi connectivity index (χ4n) is 3.24. The van der Waals surface area contributed by atoms with Gasteiger partial charge in [-0.25, -0.2) is 14.6 Å². The minimum atomic E-state index is -0.587. The standard InChI is InChI=1S/C25H18ClFN6O2/c1-35-24-12-22-18(21(8-9-29-22)31-17-6-7-20(27)19(26)10-17)11-23(24)32-25(34)33-30-14-16-4-2-15(13-28)3-5-16/h2-12,14H,1H3,(H,29,31)(H2,32,33,34)/b30-14+. The van der Waals surface area contributed by atoms with Crippen LogP contribution in [0.25, 0.3) is 10.9 Å². The van der Waals surface area contributed by atoms with Crippen LogP contribution >= 0.6 is 11.6 Å². The molecule has 4 rings (SSSR count). The van der Waals surface area contributed by atoms with E-state index in [4.69, 9.17) is 21.6 Å². The number of pyridine rings is 1. The summed E-state index contributed by atoms with van der Waals surface area (Å²) < 4.78 is 18.9. The second kappa shape index (κ2) is 10.5. The van der Waals surface area contributed by atoms with Gasteiger partial charge in [0, 0.05) is 29.0 Å². The first-order valence-electron chi connectivity index (χ1n) is 10.3. The van der Waals surface area contributed by atoms with Gasteiger partial charge in [-0.3, -0.25) is 4.98 Å². The van der Waals surface area contributed by atoms with Crippen molar-refractivity contribution in [3.8, 4) is 11.8 Å². The maximum absolute atomic E-state index is 13.5. The molecular formula is C25H18ClFN6O2. The number of rotatable bonds is 6. The molecule has 0 aliphatic rings. The van der Waals surface area contributed by atoms with E-state index in [2.05, 4.69) is 26.1 Å². The molecule has 3 aromatic carbocycles. The van der Waals surface area contributed by atoms with Gasteiger partial charge in [0.05, 0.1) is 41.2 Å². The van der Waals surface area contributed by atoms with Crippen LogP contribution in [0.5, 0.6) is 5.75 Å². The minimum Gasteiger partial charge on any atom is -0.494 e. The third-order valence-corrected chi connectivity index (χ3v) is 5.22. The molecule has 35 heavy (non-hydrogen) atoms. The first-order chi connectivity index (χ1) is 17.0. The zero-order valence-corrected chi connectivity index (χ0v) is 19.1. The number of benzene rings is 3. The third-order valence-electron chi connectivity index (χ3n) is 4.93. The molecule has 0 radical (unpaired) electrons. The van der Waals surface area contributed by atoms with Crippen molar-refractivity contribution in [2.24, 2.45) is 5.10 Å². The van der Waals surface area contributed by atoms with E-state index in [9.17, 15) is 9.18 Å². The Hall–Kier alpha value is -4.68. The Kier molecular flexibility index (Phi) is 7.04. The Morgan fingerprint density at radius 1 is 1.14 bits per heavy atom. The van der Waals surface area contributed by atoms with Crippen LogP contribution in [0.4, 0.5) is 26.2 Å². The molecule has 1 aromatic heterocycles. The monoisotopic (exact) mass is 488 g/mol. The summed E-state index contributed by atoms with van der Waals surface area (Å²) in [5.74, 6) is -0.112. The molecule has 1 heterocycles. The van der Waals surface area contributed by atoms with Gasteiger partial charge in [-0.15, -0.1) is 0 Å². The predicted molar refractivity (Wildman–Crippen MR) is 134 cm³/mol. The molecule has 4 aromatic rings. The number of fused-ring (bicyclic) bond motifs is 1. The molecule has 0 saturated carbocycles. The molecule has 0 unspecified atom stereocenters. The first-order valence-corrected chi connectivity index (χ1v) is 10.6. The number of nitriles is 1. The van der Waals surface area contributed by atoms with Gasteiger partial charge in [0.1, 0.15) is 11.6 Å². The van der Waals surface area contributed by atoms with Crippen LogP contribution in [0, 0.1) is 17.1 Å². The molecule has 0 spiro atoms. The SMILES string of the molecule is COc1cc2nccc(Nc3ccc(F)c(Cl)c3)c2cc1NC(=O)N/N=C/c1ccc(C#N)cc1. The summed E-state index contributed by atoms with van der Waals surface area (Å²) >= 11 is 5.89. The zero-order valence-electron chi connectivity index (χ0n) is 18.3. The number of halogens is 2. The van der Waals surface area contributed by atoms with Crippen LogP contribution in [0.1, 0.15) is 11.1 Å². The molecule has 0 aliphatic carbocycles. The molecule has 10 heteroatoms. The van der Waals surface area contributed by atoms with Crippen molar-refractivity contribution >= 4 is 51.8 Å². The van der Waals surface area contributed by atoms with Crippen LogP contribution in [-0.4, -0.2) is 24.3 Å². The zero-order chi connectivity index (χ0) is 24.8. The molecule has 8 nitrogen and oxygen atoms in total. The fourth-order valence-corrected chi connectivity index (χ4v) is 3.42. The van der Waals surface area contributed by atoms with Crippen molar-refractivity contribution < 1.29 is 13.9 Å². The number of methoxy groups -OCH3 is 1. The van der Waals surface area contributed by atoms with E-state index < -0.39 is 11.8 Å². The second-order valence-corrected chi connectivity index (χ2v) is 7.65. The van der Waals surface area contributed by atoms with E-state index in [1.165, 1.54) is 25.5 Å². The Balaban J connectivity index is 1.54. The lowest BCUT2D eigenvalue weighted by molar-refractivity contribution is 0.252. The van der Waals surface area contributed by atoms with E-state index in [0.717, 1.165) is 5.56 Å². The highest BCUT2D eigenvalue weighted by atomic mass is 35.5. The van der Waals surface area contributed by atoms with E-state index in [1.807, 2.05) is 6.07 Å². The largest absolute Gasteiger partial charge is 0.494 e. The van der Waals surface area contributed by atoms with Crippen molar-refractivity contribution in [3.63, 3.8) is 0 Å². The average molecular weight is 489 g/mol. The van der Waals surface area contributed by atoms with Crippen LogP contribution in [-0.2, 0) is 0 Å². The lowest BCUT2D eigenvalue weighted by atomic mass is 10.1. The van der Waals surface area contributed by atoms with Crippen molar-refractivity contribution in [3.05, 3.63) is 88.8 Å². The van der Waals surface area contributed by atoms with E-state index in [1.54, 1.807) is 54.7 Å². The van der Waals surface area contributed by atoms with Crippen molar-refractivity contribution in [1.82, 2.24) is 10.4 Å². The topological polar surface area (TPSA) is 111 Å². The number of nitrogens with one attached hydrogen (secondary N) is 3. The maximum Gasteiger partial charge on any atom is 0.339 e. The summed E-state index contributed by atoms with van der Waals surface area (Å²) in [6.07, 6.45) is 3.07. The van der Waals surface area contributed by atoms with Gasteiger partial charge in [-0.05, 0) is 48.0 Å². The summed E-state index contributed by atoms with van der Waals surface area (Å²) in [5.41, 5.74) is 5.90. The van der Waals surface area contributed by atoms with Gasteiger partial charge in [0.25, 0.3) is 0 Å². The van der Waals surface area contributed by atoms with Gasteiger partial charge >= 0.3 is 6.03 Å². The molecule has 2 amide bonds. The number of aromatic nitrogens is 1. The number of nitrogens with zero attached hydrogens (tertiary/aromatic N) is 3. The smallest absolute Gasteiger partial charge is 0.339 e. The van der Waals surface area contributed by atoms with Crippen LogP contribution < -0.4 is 20.8 Å². The summed E-state index contributed by atoms with van der Waals surface area (Å²) in [6.45, 7) is 0. The quantitative estimate of drug-likeness (QED) is 0.234. The maximum atomic E-state index is 13.5. The van der Waals surface area contributed by atoms with Gasteiger partial charge in [0.15, 0.2) is 0 Å². The van der Waals surface area contributed by atoms with Crippen molar-refractivity contribution in [2.75, 3.05) is 17.7 Å². The lowest BCUT2D eigenvalue weighted by Crippen LogP contribution is -2.24. The molecule has 0 saturated heterocycles. The predicted octanol–water partition coefficient (Wildman–Crippen LogP) is 5.81. The highest BCUT2D eigenvalue weighted by Gasteiger charge is 2.12. The molecule has 174 valence electrons. The van der Waals surface area contributed by atoms with E-state index >= 15 is 0 Å². The Labute approximate surface area is 205 Å². The highest BCUT2D eigenvalue weighted by molar-refractivity contribution is 6.31. The number of carbonyl (C=O) groups excluding carboxylic acids is 1. The second-order valence-electron chi connectivity index (χ2n) is 7.24. The molecular weight excluding hydrogens is 471 g/mol. The van der Waals surface area contributed by atoms with Gasteiger partial charge < -0.3 is 15.4 Å². The highest BCUT2D eigenvalue weighted by Crippen LogP contribution is 2.34. The fraction of sp³-hybridized carbons (Fsp3) is 0.0400. The van der Waals surface area contributed by atoms with Crippen molar-refractivity contribution in [1.29, 1.82) is 5.26 Å². The Bertz CT molecular complexity index is 1470. The Morgan fingerprint density at radius 3 is 2.66 bits per heavy atom. The Morgan fingerprint density at radius 2 is 1.94 bits per heavy atom. The normalized spacial score (nSPS) is 10.7. The minimum absolute atomic E-state index is 0.00406. The summed E-state index contributed by atoms with van der Waals surface area (Å²) in [6, 6.07) is 17.6. The van der Waals surface area contributed by atoms with Crippen LogP contribution in [0.3, 0.4) is 0 Å². The molecule has 0 fully saturated rings. The average Bonchev–Trinajstić information content (AvgIpc) is 2.86.